The zero-order chi connectivity index (χ0) is 16.8. The molecule has 1 aliphatic heterocycles. The molecule has 3 N–H and O–H groups in total. The quantitative estimate of drug-likeness (QED) is 0.668. The molecule has 1 unspecified atom stereocenters. The van der Waals surface area contributed by atoms with Gasteiger partial charge in [0.15, 0.2) is 0 Å². The summed E-state index contributed by atoms with van der Waals surface area (Å²) in [6, 6.07) is 9.33. The van der Waals surface area contributed by atoms with Crippen LogP contribution in [0.3, 0.4) is 0 Å². The van der Waals surface area contributed by atoms with Crippen LogP contribution < -0.4 is 15.5 Å². The molecule has 122 valence electrons. The van der Waals surface area contributed by atoms with Gasteiger partial charge in [-0.25, -0.2) is 4.98 Å². The normalized spacial score (nSPS) is 16.9. The summed E-state index contributed by atoms with van der Waals surface area (Å²) >= 11 is 1.33. The molecule has 1 amide bonds. The number of aromatic nitrogens is 1. The fourth-order valence-corrected chi connectivity index (χ4v) is 3.97. The molecule has 2 aromatic heterocycles. The molecule has 0 radical (unpaired) electrons. The van der Waals surface area contributed by atoms with Crippen molar-refractivity contribution in [2.24, 2.45) is 0 Å². The standard InChI is InChI=1S/C17H16N4O2S/c1-9-3-5-10(6-4-9)21-16(22)14-13(20-17(21)23)12-11(18-2)7-8-19-15(12)24-14/h3-8,17,20,23H,1-2H3,(H,18,19). The van der Waals surface area contributed by atoms with E-state index in [1.54, 1.807) is 6.20 Å². The van der Waals surface area contributed by atoms with Crippen LogP contribution in [0.1, 0.15) is 15.2 Å². The smallest absolute Gasteiger partial charge is 0.274 e. The van der Waals surface area contributed by atoms with Crippen molar-refractivity contribution in [3.8, 4) is 0 Å². The number of fused-ring (bicyclic) bond motifs is 3. The highest BCUT2D eigenvalue weighted by Crippen LogP contribution is 2.42. The monoisotopic (exact) mass is 340 g/mol. The van der Waals surface area contributed by atoms with Gasteiger partial charge in [0.1, 0.15) is 9.71 Å². The summed E-state index contributed by atoms with van der Waals surface area (Å²) in [5.74, 6) is -0.231. The van der Waals surface area contributed by atoms with E-state index in [0.717, 1.165) is 21.5 Å². The number of rotatable bonds is 2. The first-order valence-electron chi connectivity index (χ1n) is 7.54. The predicted octanol–water partition coefficient (Wildman–Crippen LogP) is 2.99. The zero-order valence-corrected chi connectivity index (χ0v) is 14.0. The van der Waals surface area contributed by atoms with Gasteiger partial charge < -0.3 is 15.7 Å². The lowest BCUT2D eigenvalue weighted by molar-refractivity contribution is 0.0906. The van der Waals surface area contributed by atoms with Gasteiger partial charge in [-0.1, -0.05) is 17.7 Å². The molecule has 0 spiro atoms. The Morgan fingerprint density at radius 1 is 1.29 bits per heavy atom. The van der Waals surface area contributed by atoms with Gasteiger partial charge in [-0.2, -0.15) is 0 Å². The zero-order valence-electron chi connectivity index (χ0n) is 13.2. The van der Waals surface area contributed by atoms with Crippen LogP contribution in [0, 0.1) is 6.92 Å². The molecule has 0 bridgehead atoms. The number of aliphatic hydroxyl groups is 1. The summed E-state index contributed by atoms with van der Waals surface area (Å²) in [7, 11) is 1.82. The van der Waals surface area contributed by atoms with Crippen molar-refractivity contribution >= 4 is 44.5 Å². The number of pyridine rings is 1. The average molecular weight is 340 g/mol. The van der Waals surface area contributed by atoms with Crippen LogP contribution in [0.5, 0.6) is 0 Å². The van der Waals surface area contributed by atoms with E-state index >= 15 is 0 Å². The Hall–Kier alpha value is -2.64. The second kappa shape index (κ2) is 5.47. The van der Waals surface area contributed by atoms with Crippen molar-refractivity contribution in [3.63, 3.8) is 0 Å². The first-order valence-corrected chi connectivity index (χ1v) is 8.36. The van der Waals surface area contributed by atoms with E-state index < -0.39 is 6.35 Å². The number of anilines is 3. The highest BCUT2D eigenvalue weighted by atomic mass is 32.1. The van der Waals surface area contributed by atoms with E-state index in [0.29, 0.717) is 16.3 Å². The third-order valence-electron chi connectivity index (χ3n) is 4.10. The first-order chi connectivity index (χ1) is 11.6. The molecular weight excluding hydrogens is 324 g/mol. The number of nitrogens with one attached hydrogen (secondary N) is 2. The van der Waals surface area contributed by atoms with E-state index in [-0.39, 0.29) is 5.91 Å². The summed E-state index contributed by atoms with van der Waals surface area (Å²) in [5.41, 5.74) is 3.24. The van der Waals surface area contributed by atoms with E-state index in [9.17, 15) is 9.90 Å². The summed E-state index contributed by atoms with van der Waals surface area (Å²) < 4.78 is 0. The van der Waals surface area contributed by atoms with E-state index in [4.69, 9.17) is 0 Å². The molecule has 3 heterocycles. The molecule has 24 heavy (non-hydrogen) atoms. The number of hydrogen-bond donors (Lipinski definition) is 3. The van der Waals surface area contributed by atoms with Gasteiger partial charge in [0, 0.05) is 24.6 Å². The van der Waals surface area contributed by atoms with E-state index in [2.05, 4.69) is 15.6 Å². The predicted molar refractivity (Wildman–Crippen MR) is 96.8 cm³/mol. The van der Waals surface area contributed by atoms with Crippen molar-refractivity contribution in [1.29, 1.82) is 0 Å². The molecule has 0 saturated carbocycles. The summed E-state index contributed by atoms with van der Waals surface area (Å²) in [5, 5.41) is 17.5. The van der Waals surface area contributed by atoms with Crippen LogP contribution in [0.25, 0.3) is 10.2 Å². The van der Waals surface area contributed by atoms with Gasteiger partial charge >= 0.3 is 0 Å². The lowest BCUT2D eigenvalue weighted by Gasteiger charge is -2.33. The largest absolute Gasteiger partial charge is 0.387 e. The number of hydrogen-bond acceptors (Lipinski definition) is 6. The molecule has 0 aliphatic carbocycles. The number of amides is 1. The Labute approximate surface area is 142 Å². The van der Waals surface area contributed by atoms with E-state index in [1.807, 2.05) is 44.3 Å². The maximum atomic E-state index is 13.0. The second-order valence-corrected chi connectivity index (χ2v) is 6.62. The molecular formula is C17H16N4O2S. The maximum absolute atomic E-state index is 13.0. The third kappa shape index (κ3) is 2.13. The Morgan fingerprint density at radius 2 is 2.04 bits per heavy atom. The topological polar surface area (TPSA) is 77.5 Å². The molecule has 1 aromatic carbocycles. The highest BCUT2D eigenvalue weighted by Gasteiger charge is 2.35. The fourth-order valence-electron chi connectivity index (χ4n) is 2.90. The van der Waals surface area contributed by atoms with Crippen LogP contribution >= 0.6 is 11.3 Å². The third-order valence-corrected chi connectivity index (χ3v) is 5.19. The van der Waals surface area contributed by atoms with Crippen molar-refractivity contribution in [2.75, 3.05) is 22.6 Å². The molecule has 6 nitrogen and oxygen atoms in total. The van der Waals surface area contributed by atoms with Crippen LogP contribution in [0.4, 0.5) is 17.1 Å². The minimum atomic E-state index is -1.13. The Kier molecular flexibility index (Phi) is 3.40. The van der Waals surface area contributed by atoms with Gasteiger partial charge in [0.2, 0.25) is 6.35 Å². The number of carbonyl (C=O) groups is 1. The Balaban J connectivity index is 1.86. The number of benzene rings is 1. The van der Waals surface area contributed by atoms with Gasteiger partial charge in [0.05, 0.1) is 11.1 Å². The molecule has 4 rings (SSSR count). The number of nitrogens with zero attached hydrogens (tertiary/aromatic N) is 2. The number of aliphatic hydroxyl groups excluding tert-OH is 1. The SMILES string of the molecule is CNc1ccnc2sc3c(c12)NC(O)N(c1ccc(C)cc1)C3=O. The minimum Gasteiger partial charge on any atom is -0.387 e. The Morgan fingerprint density at radius 3 is 2.75 bits per heavy atom. The highest BCUT2D eigenvalue weighted by molar-refractivity contribution is 7.21. The molecule has 1 atom stereocenters. The summed E-state index contributed by atoms with van der Waals surface area (Å²) in [6.45, 7) is 1.98. The maximum Gasteiger partial charge on any atom is 0.274 e. The van der Waals surface area contributed by atoms with Crippen molar-refractivity contribution in [3.05, 3.63) is 47.0 Å². The van der Waals surface area contributed by atoms with Gasteiger partial charge in [0.25, 0.3) is 5.91 Å². The molecule has 1 aliphatic rings. The van der Waals surface area contributed by atoms with Crippen LogP contribution in [-0.4, -0.2) is 29.4 Å². The lowest BCUT2D eigenvalue weighted by atomic mass is 10.1. The minimum absolute atomic E-state index is 0.231. The van der Waals surface area contributed by atoms with Crippen molar-refractivity contribution < 1.29 is 9.90 Å². The fraction of sp³-hybridized carbons (Fsp3) is 0.176. The number of carbonyl (C=O) groups excluding carboxylic acids is 1. The lowest BCUT2D eigenvalue weighted by Crippen LogP contribution is -2.48. The summed E-state index contributed by atoms with van der Waals surface area (Å²) in [6.07, 6.45) is 0.574. The molecule has 0 fully saturated rings. The number of aryl methyl sites for hydroxylation is 1. The van der Waals surface area contributed by atoms with Crippen LogP contribution in [0.15, 0.2) is 36.5 Å². The van der Waals surface area contributed by atoms with Gasteiger partial charge in [-0.15, -0.1) is 11.3 Å². The van der Waals surface area contributed by atoms with Gasteiger partial charge in [-0.3, -0.25) is 9.69 Å². The second-order valence-electron chi connectivity index (χ2n) is 5.62. The molecule has 0 saturated heterocycles. The van der Waals surface area contributed by atoms with Crippen LogP contribution in [-0.2, 0) is 0 Å². The molecule has 3 aromatic rings. The summed E-state index contributed by atoms with van der Waals surface area (Å²) in [4.78, 5) is 20.0. The van der Waals surface area contributed by atoms with Crippen molar-refractivity contribution in [1.82, 2.24) is 4.98 Å². The molecule has 7 heteroatoms. The van der Waals surface area contributed by atoms with E-state index in [1.165, 1.54) is 16.2 Å². The average Bonchev–Trinajstić information content (AvgIpc) is 2.95. The first kappa shape index (κ1) is 14.9. The number of thiophene rings is 1. The Bertz CT molecular complexity index is 936. The van der Waals surface area contributed by atoms with Crippen molar-refractivity contribution in [2.45, 2.75) is 13.3 Å². The van der Waals surface area contributed by atoms with Crippen LogP contribution in [0.2, 0.25) is 0 Å². The van der Waals surface area contributed by atoms with Gasteiger partial charge in [-0.05, 0) is 25.1 Å².